The van der Waals surface area contributed by atoms with Gasteiger partial charge in [0.2, 0.25) is 0 Å². The molecule has 2 N–H and O–H groups in total. The summed E-state index contributed by atoms with van der Waals surface area (Å²) in [5.74, 6) is -0.371. The highest BCUT2D eigenvalue weighted by atomic mass is 19.1. The number of aryl methyl sites for hydroxylation is 1. The SMILES string of the molecule is Cc1ccc([C@H](C)NCC(O)c2ccccc2F)cc1. The van der Waals surface area contributed by atoms with E-state index in [9.17, 15) is 9.50 Å². The molecule has 2 atom stereocenters. The molecule has 2 aromatic carbocycles. The normalized spacial score (nSPS) is 14.0. The van der Waals surface area contributed by atoms with Crippen molar-refractivity contribution in [3.63, 3.8) is 0 Å². The smallest absolute Gasteiger partial charge is 0.129 e. The first-order valence-electron chi connectivity index (χ1n) is 6.80. The van der Waals surface area contributed by atoms with Crippen LogP contribution in [0.25, 0.3) is 0 Å². The molecule has 2 aromatic rings. The van der Waals surface area contributed by atoms with Crippen LogP contribution < -0.4 is 5.32 Å². The van der Waals surface area contributed by atoms with Crippen molar-refractivity contribution < 1.29 is 9.50 Å². The number of aliphatic hydroxyl groups is 1. The summed E-state index contributed by atoms with van der Waals surface area (Å²) >= 11 is 0. The van der Waals surface area contributed by atoms with Crippen molar-refractivity contribution in [2.45, 2.75) is 26.0 Å². The molecule has 2 nitrogen and oxygen atoms in total. The summed E-state index contributed by atoms with van der Waals surface area (Å²) in [6, 6.07) is 14.7. The van der Waals surface area contributed by atoms with Crippen molar-refractivity contribution >= 4 is 0 Å². The fourth-order valence-electron chi connectivity index (χ4n) is 2.12. The summed E-state index contributed by atoms with van der Waals surface area (Å²) in [7, 11) is 0. The number of aliphatic hydroxyl groups excluding tert-OH is 1. The summed E-state index contributed by atoms with van der Waals surface area (Å²) in [4.78, 5) is 0. The maximum Gasteiger partial charge on any atom is 0.129 e. The lowest BCUT2D eigenvalue weighted by atomic mass is 10.1. The van der Waals surface area contributed by atoms with Gasteiger partial charge in [-0.1, -0.05) is 48.0 Å². The molecule has 2 rings (SSSR count). The molecule has 3 heteroatoms. The van der Waals surface area contributed by atoms with Crippen molar-refractivity contribution in [2.24, 2.45) is 0 Å². The number of hydrogen-bond acceptors (Lipinski definition) is 2. The van der Waals surface area contributed by atoms with Gasteiger partial charge in [0.05, 0.1) is 6.10 Å². The fraction of sp³-hybridized carbons (Fsp3) is 0.294. The van der Waals surface area contributed by atoms with Crippen molar-refractivity contribution in [3.05, 3.63) is 71.0 Å². The first kappa shape index (κ1) is 14.7. The zero-order chi connectivity index (χ0) is 14.5. The van der Waals surface area contributed by atoms with E-state index in [0.29, 0.717) is 12.1 Å². The van der Waals surface area contributed by atoms with Gasteiger partial charge in [-0.05, 0) is 25.5 Å². The zero-order valence-electron chi connectivity index (χ0n) is 11.8. The second-order valence-corrected chi connectivity index (χ2v) is 5.08. The molecule has 0 heterocycles. The molecule has 0 aliphatic rings. The largest absolute Gasteiger partial charge is 0.387 e. The molecular formula is C17H20FNO. The standard InChI is InChI=1S/C17H20FNO/c1-12-7-9-14(10-8-12)13(2)19-11-17(20)15-5-3-4-6-16(15)18/h3-10,13,17,19-20H,11H2,1-2H3/t13-,17?/m0/s1. The Bertz CT molecular complexity index is 553. The predicted molar refractivity (Wildman–Crippen MR) is 79.0 cm³/mol. The molecule has 1 unspecified atom stereocenters. The third-order valence-corrected chi connectivity index (χ3v) is 3.46. The average molecular weight is 273 g/mol. The third-order valence-electron chi connectivity index (χ3n) is 3.46. The minimum Gasteiger partial charge on any atom is -0.387 e. The van der Waals surface area contributed by atoms with E-state index >= 15 is 0 Å². The van der Waals surface area contributed by atoms with E-state index in [0.717, 1.165) is 5.56 Å². The quantitative estimate of drug-likeness (QED) is 0.873. The third kappa shape index (κ3) is 3.65. The van der Waals surface area contributed by atoms with E-state index < -0.39 is 6.10 Å². The van der Waals surface area contributed by atoms with Crippen molar-refractivity contribution in [3.8, 4) is 0 Å². The van der Waals surface area contributed by atoms with Crippen molar-refractivity contribution in [2.75, 3.05) is 6.54 Å². The highest BCUT2D eigenvalue weighted by Crippen LogP contribution is 2.18. The van der Waals surface area contributed by atoms with Crippen LogP contribution in [-0.4, -0.2) is 11.7 Å². The summed E-state index contributed by atoms with van der Waals surface area (Å²) in [6.45, 7) is 4.39. The van der Waals surface area contributed by atoms with Gasteiger partial charge in [0, 0.05) is 18.2 Å². The predicted octanol–water partition coefficient (Wildman–Crippen LogP) is 3.52. The summed E-state index contributed by atoms with van der Waals surface area (Å²) < 4.78 is 13.5. The second-order valence-electron chi connectivity index (χ2n) is 5.08. The van der Waals surface area contributed by atoms with E-state index in [4.69, 9.17) is 0 Å². The van der Waals surface area contributed by atoms with Gasteiger partial charge in [-0.2, -0.15) is 0 Å². The van der Waals surface area contributed by atoms with E-state index in [-0.39, 0.29) is 11.9 Å². The number of nitrogens with one attached hydrogen (secondary N) is 1. The minimum atomic E-state index is -0.843. The molecular weight excluding hydrogens is 253 g/mol. The summed E-state index contributed by atoms with van der Waals surface area (Å²) in [5, 5.41) is 13.3. The topological polar surface area (TPSA) is 32.3 Å². The fourth-order valence-corrected chi connectivity index (χ4v) is 2.12. The average Bonchev–Trinajstić information content (AvgIpc) is 2.45. The van der Waals surface area contributed by atoms with Crippen LogP contribution in [0, 0.1) is 12.7 Å². The van der Waals surface area contributed by atoms with Gasteiger partial charge in [-0.25, -0.2) is 4.39 Å². The molecule has 0 radical (unpaired) electrons. The van der Waals surface area contributed by atoms with Gasteiger partial charge in [-0.3, -0.25) is 0 Å². The van der Waals surface area contributed by atoms with E-state index in [1.807, 2.05) is 13.8 Å². The van der Waals surface area contributed by atoms with Gasteiger partial charge in [0.25, 0.3) is 0 Å². The van der Waals surface area contributed by atoms with E-state index in [2.05, 4.69) is 29.6 Å². The maximum atomic E-state index is 13.5. The first-order valence-corrected chi connectivity index (χ1v) is 6.80. The van der Waals surface area contributed by atoms with Crippen LogP contribution >= 0.6 is 0 Å². The molecule has 0 saturated heterocycles. The minimum absolute atomic E-state index is 0.108. The highest BCUT2D eigenvalue weighted by Gasteiger charge is 2.13. The molecule has 0 saturated carbocycles. The maximum absolute atomic E-state index is 13.5. The summed E-state index contributed by atoms with van der Waals surface area (Å²) in [5.41, 5.74) is 2.69. The molecule has 0 bridgehead atoms. The first-order chi connectivity index (χ1) is 9.58. The van der Waals surface area contributed by atoms with Crippen molar-refractivity contribution in [1.82, 2.24) is 5.32 Å². The monoisotopic (exact) mass is 273 g/mol. The van der Waals surface area contributed by atoms with Crippen LogP contribution in [0.4, 0.5) is 4.39 Å². The Morgan fingerprint density at radius 3 is 2.40 bits per heavy atom. The van der Waals surface area contributed by atoms with Crippen LogP contribution in [0.3, 0.4) is 0 Å². The molecule has 0 aliphatic carbocycles. The van der Waals surface area contributed by atoms with Crippen LogP contribution in [-0.2, 0) is 0 Å². The lowest BCUT2D eigenvalue weighted by Gasteiger charge is -2.18. The van der Waals surface area contributed by atoms with Crippen LogP contribution in [0.2, 0.25) is 0 Å². The number of hydrogen-bond donors (Lipinski definition) is 2. The van der Waals surface area contributed by atoms with Crippen LogP contribution in [0.1, 0.15) is 35.8 Å². The van der Waals surface area contributed by atoms with Crippen LogP contribution in [0.5, 0.6) is 0 Å². The Labute approximate surface area is 119 Å². The Kier molecular flexibility index (Phi) is 4.88. The number of benzene rings is 2. The Hall–Kier alpha value is -1.71. The Morgan fingerprint density at radius 2 is 1.75 bits per heavy atom. The van der Waals surface area contributed by atoms with E-state index in [1.165, 1.54) is 11.6 Å². The molecule has 0 spiro atoms. The van der Waals surface area contributed by atoms with Gasteiger partial charge < -0.3 is 10.4 Å². The lowest BCUT2D eigenvalue weighted by Crippen LogP contribution is -2.25. The van der Waals surface area contributed by atoms with Gasteiger partial charge >= 0.3 is 0 Å². The lowest BCUT2D eigenvalue weighted by molar-refractivity contribution is 0.166. The number of rotatable bonds is 5. The van der Waals surface area contributed by atoms with Crippen molar-refractivity contribution in [1.29, 1.82) is 0 Å². The summed E-state index contributed by atoms with van der Waals surface area (Å²) in [6.07, 6.45) is -0.843. The molecule has 0 amide bonds. The molecule has 106 valence electrons. The second kappa shape index (κ2) is 6.64. The van der Waals surface area contributed by atoms with Gasteiger partial charge in [0.15, 0.2) is 0 Å². The zero-order valence-corrected chi connectivity index (χ0v) is 11.8. The Balaban J connectivity index is 1.95. The van der Waals surface area contributed by atoms with Gasteiger partial charge in [0.1, 0.15) is 5.82 Å². The molecule has 0 fully saturated rings. The van der Waals surface area contributed by atoms with Gasteiger partial charge in [-0.15, -0.1) is 0 Å². The molecule has 0 aliphatic heterocycles. The molecule has 0 aromatic heterocycles. The Morgan fingerprint density at radius 1 is 1.10 bits per heavy atom. The van der Waals surface area contributed by atoms with Crippen LogP contribution in [0.15, 0.2) is 48.5 Å². The highest BCUT2D eigenvalue weighted by molar-refractivity contribution is 5.24. The molecule has 20 heavy (non-hydrogen) atoms. The van der Waals surface area contributed by atoms with E-state index in [1.54, 1.807) is 18.2 Å². The number of halogens is 1.